The molecule has 2 aromatic carbocycles. The first-order valence-electron chi connectivity index (χ1n) is 11.2. The molecule has 35 heavy (non-hydrogen) atoms. The summed E-state index contributed by atoms with van der Waals surface area (Å²) in [5.41, 5.74) is 0.408. The molecule has 2 atom stereocenters. The van der Waals surface area contributed by atoms with E-state index in [1.165, 1.54) is 42.2 Å². The van der Waals surface area contributed by atoms with Crippen molar-refractivity contribution in [2.75, 3.05) is 23.9 Å². The molecule has 0 fully saturated rings. The van der Waals surface area contributed by atoms with Gasteiger partial charge in [-0.3, -0.25) is 13.9 Å². The molecule has 1 aliphatic heterocycles. The zero-order chi connectivity index (χ0) is 25.8. The predicted octanol–water partition coefficient (Wildman–Crippen LogP) is 2.65. The molecule has 2 aromatic rings. The largest absolute Gasteiger partial charge is 0.454 e. The molecule has 0 saturated carbocycles. The fourth-order valence-corrected chi connectivity index (χ4v) is 4.35. The predicted molar refractivity (Wildman–Crippen MR) is 129 cm³/mol. The number of halogens is 1. The van der Waals surface area contributed by atoms with Crippen LogP contribution in [0.3, 0.4) is 0 Å². The molecule has 1 aliphatic rings. The lowest BCUT2D eigenvalue weighted by molar-refractivity contribution is -0.139. The monoisotopic (exact) mass is 507 g/mol. The van der Waals surface area contributed by atoms with Gasteiger partial charge in [0.25, 0.3) is 0 Å². The van der Waals surface area contributed by atoms with E-state index < -0.39 is 40.2 Å². The molecule has 0 bridgehead atoms. The minimum Gasteiger partial charge on any atom is -0.454 e. The van der Waals surface area contributed by atoms with Crippen LogP contribution in [-0.4, -0.2) is 56.8 Å². The Morgan fingerprint density at radius 3 is 2.46 bits per heavy atom. The van der Waals surface area contributed by atoms with E-state index in [2.05, 4.69) is 5.32 Å². The molecular weight excluding hydrogens is 477 g/mol. The fourth-order valence-electron chi connectivity index (χ4n) is 3.51. The molecule has 0 aliphatic carbocycles. The second-order valence-corrected chi connectivity index (χ2v) is 10.3. The molecule has 9 nitrogen and oxygen atoms in total. The van der Waals surface area contributed by atoms with Gasteiger partial charge in [0.15, 0.2) is 11.5 Å². The number of ether oxygens (including phenoxy) is 2. The van der Waals surface area contributed by atoms with Crippen molar-refractivity contribution in [3.8, 4) is 11.5 Å². The summed E-state index contributed by atoms with van der Waals surface area (Å²) >= 11 is 0. The van der Waals surface area contributed by atoms with Gasteiger partial charge in [0.2, 0.25) is 28.6 Å². The molecule has 0 saturated heterocycles. The fraction of sp³-hybridized carbons (Fsp3) is 0.417. The number of hydrogen-bond acceptors (Lipinski definition) is 6. The molecule has 190 valence electrons. The van der Waals surface area contributed by atoms with E-state index in [9.17, 15) is 22.4 Å². The van der Waals surface area contributed by atoms with Crippen molar-refractivity contribution in [3.63, 3.8) is 0 Å². The van der Waals surface area contributed by atoms with Crippen molar-refractivity contribution >= 4 is 27.5 Å². The van der Waals surface area contributed by atoms with Gasteiger partial charge in [0, 0.05) is 24.2 Å². The summed E-state index contributed by atoms with van der Waals surface area (Å²) in [5, 5.41) is 2.82. The lowest BCUT2D eigenvalue weighted by Crippen LogP contribution is -2.52. The lowest BCUT2D eigenvalue weighted by atomic mass is 10.1. The number of rotatable bonds is 10. The lowest BCUT2D eigenvalue weighted by Gasteiger charge is -2.32. The molecule has 0 unspecified atom stereocenters. The number of anilines is 1. The normalized spacial score (nSPS) is 14.2. The van der Waals surface area contributed by atoms with Crippen LogP contribution in [-0.2, 0) is 26.2 Å². The zero-order valence-electron chi connectivity index (χ0n) is 20.2. The number of carbonyl (C=O) groups is 2. The maximum atomic E-state index is 14.4. The summed E-state index contributed by atoms with van der Waals surface area (Å²) in [4.78, 5) is 27.5. The molecule has 0 aromatic heterocycles. The summed E-state index contributed by atoms with van der Waals surface area (Å²) in [6, 6.07) is 9.35. The van der Waals surface area contributed by atoms with Crippen molar-refractivity contribution in [1.29, 1.82) is 0 Å². The minimum atomic E-state index is -3.90. The average Bonchev–Trinajstić information content (AvgIpc) is 3.28. The van der Waals surface area contributed by atoms with Crippen molar-refractivity contribution < 1.29 is 31.9 Å². The highest BCUT2D eigenvalue weighted by Gasteiger charge is 2.31. The summed E-state index contributed by atoms with van der Waals surface area (Å²) in [5.74, 6) is -0.796. The maximum absolute atomic E-state index is 14.4. The first kappa shape index (κ1) is 26.3. The van der Waals surface area contributed by atoms with E-state index in [1.54, 1.807) is 12.1 Å². The SMILES string of the molecule is CC[C@H](C)NC(=O)[C@H](C)N(Cc1ccccc1F)C(=O)CN(c1ccc2c(c1)OCO2)S(C)(=O)=O. The van der Waals surface area contributed by atoms with Crippen molar-refractivity contribution in [2.24, 2.45) is 0 Å². The molecule has 11 heteroatoms. The summed E-state index contributed by atoms with van der Waals surface area (Å²) in [6.45, 7) is 4.48. The number of hydrogen-bond donors (Lipinski definition) is 1. The van der Waals surface area contributed by atoms with Gasteiger partial charge in [-0.2, -0.15) is 0 Å². The molecule has 1 N–H and O–H groups in total. The van der Waals surface area contributed by atoms with Gasteiger partial charge in [-0.15, -0.1) is 0 Å². The Bertz CT molecular complexity index is 1190. The number of benzene rings is 2. The molecule has 2 amide bonds. The molecule has 0 radical (unpaired) electrons. The highest BCUT2D eigenvalue weighted by molar-refractivity contribution is 7.92. The highest BCUT2D eigenvalue weighted by atomic mass is 32.2. The van der Waals surface area contributed by atoms with Crippen LogP contribution in [0.25, 0.3) is 0 Å². The second kappa shape index (κ2) is 10.9. The number of nitrogens with one attached hydrogen (secondary N) is 1. The average molecular weight is 508 g/mol. The molecule has 3 rings (SSSR count). The molecule has 1 heterocycles. The van der Waals surface area contributed by atoms with Gasteiger partial charge < -0.3 is 19.7 Å². The van der Waals surface area contributed by atoms with Gasteiger partial charge in [-0.1, -0.05) is 25.1 Å². The quantitative estimate of drug-likeness (QED) is 0.530. The number of carbonyl (C=O) groups excluding carboxylic acids is 2. The van der Waals surface area contributed by atoms with Gasteiger partial charge >= 0.3 is 0 Å². The van der Waals surface area contributed by atoms with Crippen LogP contribution >= 0.6 is 0 Å². The number of sulfonamides is 1. The van der Waals surface area contributed by atoms with E-state index in [4.69, 9.17) is 9.47 Å². The smallest absolute Gasteiger partial charge is 0.244 e. The van der Waals surface area contributed by atoms with Gasteiger partial charge in [-0.25, -0.2) is 12.8 Å². The Balaban J connectivity index is 1.92. The Morgan fingerprint density at radius 1 is 1.11 bits per heavy atom. The summed E-state index contributed by atoms with van der Waals surface area (Å²) in [6.07, 6.45) is 1.66. The maximum Gasteiger partial charge on any atom is 0.244 e. The zero-order valence-corrected chi connectivity index (χ0v) is 21.0. The first-order valence-corrected chi connectivity index (χ1v) is 13.1. The third-order valence-electron chi connectivity index (χ3n) is 5.79. The van der Waals surface area contributed by atoms with Crippen LogP contribution in [0.4, 0.5) is 10.1 Å². The van der Waals surface area contributed by atoms with Crippen LogP contribution in [0.1, 0.15) is 32.8 Å². The van der Waals surface area contributed by atoms with Gasteiger partial charge in [-0.05, 0) is 38.5 Å². The topological polar surface area (TPSA) is 105 Å². The third kappa shape index (κ3) is 6.41. The molecular formula is C24H30FN3O6S. The Kier molecular flexibility index (Phi) is 8.21. The van der Waals surface area contributed by atoms with Crippen LogP contribution in [0, 0.1) is 5.82 Å². The summed E-state index contributed by atoms with van der Waals surface area (Å²) < 4.78 is 51.2. The van der Waals surface area contributed by atoms with Gasteiger partial charge in [0.1, 0.15) is 18.4 Å². The minimum absolute atomic E-state index is 0.00974. The van der Waals surface area contributed by atoms with E-state index in [0.717, 1.165) is 10.6 Å². The van der Waals surface area contributed by atoms with Crippen molar-refractivity contribution in [2.45, 2.75) is 45.8 Å². The number of nitrogens with zero attached hydrogens (tertiary/aromatic N) is 2. The number of amides is 2. The second-order valence-electron chi connectivity index (χ2n) is 8.41. The highest BCUT2D eigenvalue weighted by Crippen LogP contribution is 2.36. The Hall–Kier alpha value is -3.34. The standard InChI is InChI=1S/C24H30FN3O6S/c1-5-16(2)26-24(30)17(3)27(13-18-8-6-7-9-20(18)25)23(29)14-28(35(4,31)32)19-10-11-21-22(12-19)34-15-33-21/h6-12,16-17H,5,13-15H2,1-4H3,(H,26,30)/t16-,17-/m0/s1. The van der Waals surface area contributed by atoms with E-state index >= 15 is 0 Å². The van der Waals surface area contributed by atoms with Crippen LogP contribution < -0.4 is 19.1 Å². The Morgan fingerprint density at radius 2 is 1.80 bits per heavy atom. The van der Waals surface area contributed by atoms with Crippen LogP contribution in [0.5, 0.6) is 11.5 Å². The molecule has 0 spiro atoms. The number of fused-ring (bicyclic) bond motifs is 1. The third-order valence-corrected chi connectivity index (χ3v) is 6.93. The van der Waals surface area contributed by atoms with Crippen molar-refractivity contribution in [1.82, 2.24) is 10.2 Å². The Labute approximate surface area is 204 Å². The summed E-state index contributed by atoms with van der Waals surface area (Å²) in [7, 11) is -3.90. The van der Waals surface area contributed by atoms with Crippen molar-refractivity contribution in [3.05, 3.63) is 53.8 Å². The first-order chi connectivity index (χ1) is 16.5. The van der Waals surface area contributed by atoms with E-state index in [-0.39, 0.29) is 30.6 Å². The van der Waals surface area contributed by atoms with E-state index in [0.29, 0.717) is 17.9 Å². The van der Waals surface area contributed by atoms with Crippen LogP contribution in [0.15, 0.2) is 42.5 Å². The van der Waals surface area contributed by atoms with Gasteiger partial charge in [0.05, 0.1) is 11.9 Å². The van der Waals surface area contributed by atoms with Crippen LogP contribution in [0.2, 0.25) is 0 Å². The van der Waals surface area contributed by atoms with E-state index in [1.807, 2.05) is 13.8 Å².